The minimum atomic E-state index is -1.64. The van der Waals surface area contributed by atoms with Gasteiger partial charge in [0, 0.05) is 103 Å². The number of nitrogens with one attached hydrogen (secondary N) is 10. The standard InChI is InChI=1S/C95H123N16O19PS/c1-13-14-34-74-93(126)108(7)53-81(115)100-70(49-83(117)131)89(122)106-84(57(4)5)95(128)110(9)75(45-59-28-20-16-21-29-59)90(123)104-71(43-61-35-38-64(112)39-36-61)91(124)107(6)52-80(114)99-69(48-63-50-97-66-33-25-24-32-65(63)66)88(121)103-68(44-62-37-40-77(129-11)78(47-62)130-12)87(120)102-67(41-56(2)3)86(119)105-73(85(118)98-51-79(96)113)54-132-55-82(116)101-72(42-58-26-18-15-19-27-58)92(125)111(10)76(94(127)109(74)8)46-60-30-22-17-23-31-60/h15-33,35-40,47,50,56-57,67-76,84,97,112,117,131H,13-14,34,41-46,48-49,51-55H2,1-12H3,(H2,96,113)(H,98,118)(H,99,114)(H,100,115)(H,101,116)(H,102,120)(H,103,121)(H,104,123)(H,105,119)(H,106,122)/t67-,68-,69-,70-,71-,72-,73-,74-,75-,76-,84-/m0/s1. The number of carbonyl (C=O) groups is 15. The number of unbranched alkanes of at least 4 members (excludes halogenated alkanes) is 1. The third kappa shape index (κ3) is 31.0. The highest BCUT2D eigenvalue weighted by atomic mass is 32.2. The number of primary amides is 1. The number of hydrogen-bond acceptors (Lipinski definition) is 19. The Balaban J connectivity index is 1.23. The number of methoxy groups -OCH3 is 2. The van der Waals surface area contributed by atoms with E-state index in [0.717, 1.165) is 26.5 Å². The molecule has 2 heterocycles. The van der Waals surface area contributed by atoms with Gasteiger partial charge in [0.25, 0.3) is 0 Å². The number of aliphatic hydroxyl groups is 1. The van der Waals surface area contributed by atoms with Gasteiger partial charge in [0.15, 0.2) is 11.5 Å². The molecule has 14 N–H and O–H groups in total. The Morgan fingerprint density at radius 3 is 1.55 bits per heavy atom. The van der Waals surface area contributed by atoms with Crippen molar-refractivity contribution in [1.29, 1.82) is 0 Å². The van der Waals surface area contributed by atoms with Crippen molar-refractivity contribution in [2.24, 2.45) is 17.6 Å². The topological polar surface area (TPSA) is 481 Å². The Bertz CT molecular complexity index is 5190. The van der Waals surface area contributed by atoms with Crippen molar-refractivity contribution in [3.63, 3.8) is 0 Å². The van der Waals surface area contributed by atoms with E-state index >= 15 is 43.2 Å². The van der Waals surface area contributed by atoms with E-state index in [2.05, 4.69) is 61.7 Å². The number of aliphatic hydroxyl groups excluding tert-OH is 1. The van der Waals surface area contributed by atoms with E-state index in [0.29, 0.717) is 62.9 Å². The monoisotopic (exact) mass is 1850 g/mol. The van der Waals surface area contributed by atoms with E-state index in [1.165, 1.54) is 83.5 Å². The van der Waals surface area contributed by atoms with Crippen molar-refractivity contribution in [1.82, 2.24) is 77.3 Å². The van der Waals surface area contributed by atoms with Crippen LogP contribution in [0.1, 0.15) is 100 Å². The molecule has 1 aliphatic heterocycles. The fourth-order valence-electron chi connectivity index (χ4n) is 15.3. The summed E-state index contributed by atoms with van der Waals surface area (Å²) in [7, 11) is 12.6. The Kier molecular flexibility index (Phi) is 40.1. The van der Waals surface area contributed by atoms with Crippen molar-refractivity contribution in [2.45, 2.75) is 172 Å². The molecule has 15 amide bonds. The van der Waals surface area contributed by atoms with Crippen molar-refractivity contribution in [3.05, 3.63) is 197 Å². The number of aromatic nitrogens is 1. The van der Waals surface area contributed by atoms with E-state index < -0.39 is 198 Å². The van der Waals surface area contributed by atoms with Crippen LogP contribution in [0.2, 0.25) is 0 Å². The molecule has 0 radical (unpaired) electrons. The van der Waals surface area contributed by atoms with Gasteiger partial charge < -0.3 is 103 Å². The number of nitrogens with zero attached hydrogens (tertiary/aromatic N) is 5. The van der Waals surface area contributed by atoms with Gasteiger partial charge in [-0.3, -0.25) is 71.9 Å². The van der Waals surface area contributed by atoms with E-state index in [-0.39, 0.29) is 74.5 Å². The number of nitrogens with two attached hydrogens (primary N) is 1. The molecule has 132 heavy (non-hydrogen) atoms. The van der Waals surface area contributed by atoms with Gasteiger partial charge in [0.2, 0.25) is 88.6 Å². The maximum Gasteiger partial charge on any atom is 0.246 e. The normalized spacial score (nSPS) is 21.6. The highest BCUT2D eigenvalue weighted by molar-refractivity contribution is 8.00. The number of ether oxygens (including phenoxy) is 2. The molecule has 0 aliphatic carbocycles. The van der Waals surface area contributed by atoms with E-state index in [9.17, 15) is 39.0 Å². The number of likely N-dealkylation sites (N-methyl/N-ethyl adjacent to an activating group) is 5. The van der Waals surface area contributed by atoms with Gasteiger partial charge in [0.05, 0.1) is 45.1 Å². The maximum atomic E-state index is 15.6. The van der Waals surface area contributed by atoms with Crippen LogP contribution < -0.4 is 63.1 Å². The second-order valence-electron chi connectivity index (χ2n) is 33.6. The molecule has 0 saturated carbocycles. The summed E-state index contributed by atoms with van der Waals surface area (Å²) in [6.07, 6.45) is 0.760. The molecule has 37 heteroatoms. The average Bonchev–Trinajstić information content (AvgIpc) is 1.70. The molecule has 6 aromatic carbocycles. The van der Waals surface area contributed by atoms with Crippen molar-refractivity contribution in [3.8, 4) is 17.2 Å². The summed E-state index contributed by atoms with van der Waals surface area (Å²) in [6.45, 7) is 6.44. The molecule has 11 atom stereocenters. The largest absolute Gasteiger partial charge is 0.508 e. The molecule has 708 valence electrons. The first-order chi connectivity index (χ1) is 62.9. The summed E-state index contributed by atoms with van der Waals surface area (Å²) >= 11 is 0.843. The molecule has 35 nitrogen and oxygen atoms in total. The van der Waals surface area contributed by atoms with Crippen LogP contribution in [0.3, 0.4) is 0 Å². The maximum absolute atomic E-state index is 15.6. The molecule has 1 fully saturated rings. The lowest BCUT2D eigenvalue weighted by atomic mass is 9.98. The first-order valence-corrected chi connectivity index (χ1v) is 45.3. The number of hydrogen-bond donors (Lipinski definition) is 13. The van der Waals surface area contributed by atoms with Crippen LogP contribution in [-0.4, -0.2) is 281 Å². The zero-order valence-electron chi connectivity index (χ0n) is 76.5. The zero-order valence-corrected chi connectivity index (χ0v) is 78.3. The van der Waals surface area contributed by atoms with Gasteiger partial charge in [-0.2, -0.15) is 0 Å². The number of H-pyrrole nitrogens is 1. The number of aromatic amines is 1. The zero-order chi connectivity index (χ0) is 96.6. The minimum absolute atomic E-state index is 0.0644. The molecule has 8 rings (SSSR count). The number of rotatable bonds is 25. The summed E-state index contributed by atoms with van der Waals surface area (Å²) < 4.78 is 11.2. The van der Waals surface area contributed by atoms with Gasteiger partial charge in [-0.05, 0) is 88.4 Å². The molecule has 1 saturated heterocycles. The van der Waals surface area contributed by atoms with Crippen LogP contribution in [0, 0.1) is 11.8 Å². The number of benzene rings is 6. The predicted molar refractivity (Wildman–Crippen MR) is 501 cm³/mol. The number of phenolic OH excluding ortho intramolecular Hbond substituents is 1. The van der Waals surface area contributed by atoms with Gasteiger partial charge in [-0.1, -0.05) is 184 Å². The van der Waals surface area contributed by atoms with Crippen LogP contribution in [0.4, 0.5) is 0 Å². The lowest BCUT2D eigenvalue weighted by molar-refractivity contribution is -0.151. The third-order valence-corrected chi connectivity index (χ3v) is 23.8. The van der Waals surface area contributed by atoms with Gasteiger partial charge in [0.1, 0.15) is 72.2 Å². The van der Waals surface area contributed by atoms with Crippen LogP contribution >= 0.6 is 20.6 Å². The fourth-order valence-corrected chi connectivity index (χ4v) is 16.4. The first kappa shape index (κ1) is 104. The number of aromatic hydroxyl groups is 1. The Morgan fingerprint density at radius 1 is 0.500 bits per heavy atom. The molecular weight excluding hydrogens is 1730 g/mol. The quantitative estimate of drug-likeness (QED) is 0.0365. The first-order valence-electron chi connectivity index (χ1n) is 43.6. The molecule has 1 aliphatic rings. The van der Waals surface area contributed by atoms with Crippen molar-refractivity contribution in [2.75, 3.05) is 80.6 Å². The van der Waals surface area contributed by atoms with Crippen molar-refractivity contribution < 1.29 is 91.6 Å². The Morgan fingerprint density at radius 2 is 0.977 bits per heavy atom. The van der Waals surface area contributed by atoms with Crippen LogP contribution in [0.25, 0.3) is 10.9 Å². The highest BCUT2D eigenvalue weighted by Crippen LogP contribution is 2.30. The van der Waals surface area contributed by atoms with Crippen molar-refractivity contribution >= 4 is 126 Å². The average molecular weight is 1860 g/mol. The Labute approximate surface area is 774 Å². The molecule has 0 spiro atoms. The summed E-state index contributed by atoms with van der Waals surface area (Å²) in [5.74, 6) is -14.5. The van der Waals surface area contributed by atoms with Gasteiger partial charge in [-0.15, -0.1) is 11.8 Å². The molecule has 7 aromatic rings. The number of fused-ring (bicyclic) bond motifs is 1. The molecule has 0 bridgehead atoms. The van der Waals surface area contributed by atoms with E-state index in [1.54, 1.807) is 167 Å². The van der Waals surface area contributed by atoms with Gasteiger partial charge >= 0.3 is 0 Å². The molecule has 0 unspecified atom stereocenters. The van der Waals surface area contributed by atoms with Crippen LogP contribution in [-0.2, 0) is 110 Å². The lowest BCUT2D eigenvalue weighted by Crippen LogP contribution is -2.61. The molecule has 1 aromatic heterocycles. The Hall–Kier alpha value is -13.2. The van der Waals surface area contributed by atoms with E-state index in [1.807, 2.05) is 6.92 Å². The summed E-state index contributed by atoms with van der Waals surface area (Å²) in [5.41, 5.74) is 8.75. The van der Waals surface area contributed by atoms with Gasteiger partial charge in [-0.25, -0.2) is 0 Å². The predicted octanol–water partition coefficient (Wildman–Crippen LogP) is 3.20. The third-order valence-electron chi connectivity index (χ3n) is 22.6. The lowest BCUT2D eigenvalue weighted by Gasteiger charge is -2.37. The smallest absolute Gasteiger partial charge is 0.246 e. The number of phenols is 1. The summed E-state index contributed by atoms with van der Waals surface area (Å²) in [4.78, 5) is 232. The van der Waals surface area contributed by atoms with E-state index in [4.69, 9.17) is 15.2 Å². The number of carbonyl (C=O) groups excluding carboxylic acids is 15. The molecular formula is C95H123N16O19PS. The second kappa shape index (κ2) is 50.8. The van der Waals surface area contributed by atoms with Crippen LogP contribution in [0.15, 0.2) is 164 Å². The minimum Gasteiger partial charge on any atom is -0.508 e. The summed E-state index contributed by atoms with van der Waals surface area (Å²) in [6, 6.07) is 27.2. The number of amides is 15. The number of para-hydroxylation sites is 1. The number of thioether (sulfide) groups is 1. The fraction of sp³-hybridized carbons (Fsp3) is 0.432. The van der Waals surface area contributed by atoms with Crippen LogP contribution in [0.5, 0.6) is 17.2 Å². The highest BCUT2D eigenvalue weighted by Gasteiger charge is 2.42. The SMILES string of the molecule is CCCC[C@H]1C(=O)N(C)CC(=O)N[C@@H](CC(O)=P)C(=O)N[C@@H](C(C)C)C(=O)N(C)[C@@H](Cc2ccccc2)C(=O)N[C@@H](Cc2ccc(O)cc2)C(=O)N(C)CC(=O)N[C@@H](Cc2c[nH]c3ccccc23)C(=O)N[C@@H](Cc2ccc(OC)c(OC)c2)C(=O)N[C@@H](CC(C)C)C(=O)N[C@H](C(=O)NCC(N)=O)CSCC(=O)N[C@@H](Cc2ccccc2)C(=O)N(C)[C@@H](Cc2ccccc2)C(=O)N1C. The summed E-state index contributed by atoms with van der Waals surface area (Å²) in [5, 5.41) is 46.3. The second-order valence-corrected chi connectivity index (χ2v) is 35.2.